The third kappa shape index (κ3) is 10.5. The van der Waals surface area contributed by atoms with Crippen molar-refractivity contribution in [2.24, 2.45) is 10.9 Å². The van der Waals surface area contributed by atoms with E-state index >= 15 is 0 Å². The molecule has 4 nitrogen and oxygen atoms in total. The van der Waals surface area contributed by atoms with Crippen LogP contribution in [0.2, 0.25) is 0 Å². The normalized spacial score (nSPS) is 11.1. The third-order valence-electron chi connectivity index (χ3n) is 2.89. The van der Waals surface area contributed by atoms with Crippen LogP contribution in [0.3, 0.4) is 0 Å². The summed E-state index contributed by atoms with van der Waals surface area (Å²) in [6, 6.07) is 10.2. The minimum absolute atomic E-state index is 0. The molecule has 0 heterocycles. The predicted molar refractivity (Wildman–Crippen MR) is 100 cm³/mol. The second-order valence-corrected chi connectivity index (χ2v) is 5.15. The first-order valence-corrected chi connectivity index (χ1v) is 7.28. The van der Waals surface area contributed by atoms with Gasteiger partial charge in [0.1, 0.15) is 0 Å². The molecule has 0 amide bonds. The lowest BCUT2D eigenvalue weighted by atomic mass is 10.1. The molecule has 120 valence electrons. The molecule has 0 fully saturated rings. The standard InChI is InChI=1S/C16H27N3O.HI/c1-14(2)9-10-18-16(17-3)19-11-12-20-13-15-7-5-4-6-8-15;/h4-8,14H,9-13H2,1-3H3,(H2,17,18,19);1H. The van der Waals surface area contributed by atoms with E-state index in [9.17, 15) is 0 Å². The van der Waals surface area contributed by atoms with Gasteiger partial charge in [-0.3, -0.25) is 4.99 Å². The van der Waals surface area contributed by atoms with Crippen LogP contribution in [0.25, 0.3) is 0 Å². The molecule has 0 spiro atoms. The fraction of sp³-hybridized carbons (Fsp3) is 0.562. The Labute approximate surface area is 145 Å². The molecule has 0 saturated heterocycles. The van der Waals surface area contributed by atoms with Crippen molar-refractivity contribution < 1.29 is 4.74 Å². The van der Waals surface area contributed by atoms with Gasteiger partial charge in [-0.15, -0.1) is 24.0 Å². The van der Waals surface area contributed by atoms with Gasteiger partial charge in [0.15, 0.2) is 5.96 Å². The molecule has 0 unspecified atom stereocenters. The lowest BCUT2D eigenvalue weighted by Gasteiger charge is -2.13. The number of rotatable bonds is 8. The molecule has 0 aliphatic rings. The topological polar surface area (TPSA) is 45.7 Å². The Hall–Kier alpha value is -0.820. The molecule has 0 aliphatic carbocycles. The summed E-state index contributed by atoms with van der Waals surface area (Å²) < 4.78 is 5.61. The van der Waals surface area contributed by atoms with E-state index in [0.29, 0.717) is 19.1 Å². The summed E-state index contributed by atoms with van der Waals surface area (Å²) in [6.07, 6.45) is 1.14. The number of ether oxygens (including phenoxy) is 1. The van der Waals surface area contributed by atoms with Gasteiger partial charge in [-0.05, 0) is 17.9 Å². The molecule has 1 aromatic rings. The molecular weight excluding hydrogens is 377 g/mol. The molecule has 0 aromatic heterocycles. The smallest absolute Gasteiger partial charge is 0.191 e. The Balaban J connectivity index is 0.00000400. The monoisotopic (exact) mass is 405 g/mol. The fourth-order valence-corrected chi connectivity index (χ4v) is 1.71. The number of hydrogen-bond donors (Lipinski definition) is 2. The van der Waals surface area contributed by atoms with Crippen LogP contribution in [0.4, 0.5) is 0 Å². The van der Waals surface area contributed by atoms with Gasteiger partial charge < -0.3 is 15.4 Å². The van der Waals surface area contributed by atoms with Crippen LogP contribution >= 0.6 is 24.0 Å². The van der Waals surface area contributed by atoms with Gasteiger partial charge in [0, 0.05) is 20.1 Å². The Morgan fingerprint density at radius 3 is 2.43 bits per heavy atom. The lowest BCUT2D eigenvalue weighted by Crippen LogP contribution is -2.39. The average molecular weight is 405 g/mol. The fourth-order valence-electron chi connectivity index (χ4n) is 1.71. The van der Waals surface area contributed by atoms with E-state index in [0.717, 1.165) is 25.5 Å². The van der Waals surface area contributed by atoms with Gasteiger partial charge in [0.05, 0.1) is 13.2 Å². The third-order valence-corrected chi connectivity index (χ3v) is 2.89. The first kappa shape index (κ1) is 20.2. The molecule has 1 aromatic carbocycles. The van der Waals surface area contributed by atoms with E-state index in [1.807, 2.05) is 18.2 Å². The number of guanidine groups is 1. The number of nitrogens with zero attached hydrogens (tertiary/aromatic N) is 1. The largest absolute Gasteiger partial charge is 0.375 e. The maximum absolute atomic E-state index is 5.61. The highest BCUT2D eigenvalue weighted by molar-refractivity contribution is 14.0. The van der Waals surface area contributed by atoms with Gasteiger partial charge >= 0.3 is 0 Å². The molecule has 5 heteroatoms. The van der Waals surface area contributed by atoms with Crippen molar-refractivity contribution in [3.05, 3.63) is 35.9 Å². The van der Waals surface area contributed by atoms with Crippen LogP contribution in [0, 0.1) is 5.92 Å². The molecule has 0 radical (unpaired) electrons. The number of aliphatic imine (C=N–C) groups is 1. The van der Waals surface area contributed by atoms with Crippen molar-refractivity contribution in [1.29, 1.82) is 0 Å². The zero-order valence-electron chi connectivity index (χ0n) is 13.3. The summed E-state index contributed by atoms with van der Waals surface area (Å²) >= 11 is 0. The van der Waals surface area contributed by atoms with Crippen LogP contribution in [0.5, 0.6) is 0 Å². The van der Waals surface area contributed by atoms with E-state index < -0.39 is 0 Å². The Morgan fingerprint density at radius 1 is 1.14 bits per heavy atom. The van der Waals surface area contributed by atoms with Gasteiger partial charge in [-0.2, -0.15) is 0 Å². The van der Waals surface area contributed by atoms with Gasteiger partial charge in [0.25, 0.3) is 0 Å². The lowest BCUT2D eigenvalue weighted by molar-refractivity contribution is 0.125. The summed E-state index contributed by atoms with van der Waals surface area (Å²) in [6.45, 7) is 7.46. The Kier molecular flexibility index (Phi) is 12.4. The van der Waals surface area contributed by atoms with E-state index in [1.165, 1.54) is 5.56 Å². The minimum atomic E-state index is 0. The summed E-state index contributed by atoms with van der Waals surface area (Å²) in [5.74, 6) is 1.55. The Morgan fingerprint density at radius 2 is 1.81 bits per heavy atom. The molecule has 0 aliphatic heterocycles. The first-order valence-electron chi connectivity index (χ1n) is 7.28. The van der Waals surface area contributed by atoms with E-state index in [1.54, 1.807) is 7.05 Å². The SMILES string of the molecule is CN=C(NCCOCc1ccccc1)NCCC(C)C.I. The number of halogens is 1. The van der Waals surface area contributed by atoms with E-state index in [-0.39, 0.29) is 24.0 Å². The first-order chi connectivity index (χ1) is 9.72. The van der Waals surface area contributed by atoms with Crippen molar-refractivity contribution in [2.45, 2.75) is 26.9 Å². The van der Waals surface area contributed by atoms with Crippen molar-refractivity contribution in [1.82, 2.24) is 10.6 Å². The summed E-state index contributed by atoms with van der Waals surface area (Å²) in [5, 5.41) is 6.54. The van der Waals surface area contributed by atoms with Crippen LogP contribution in [-0.4, -0.2) is 32.7 Å². The molecule has 0 saturated carbocycles. The second-order valence-electron chi connectivity index (χ2n) is 5.15. The molecule has 0 bridgehead atoms. The quantitative estimate of drug-likeness (QED) is 0.303. The number of benzene rings is 1. The van der Waals surface area contributed by atoms with Gasteiger partial charge in [-0.1, -0.05) is 44.2 Å². The maximum atomic E-state index is 5.61. The minimum Gasteiger partial charge on any atom is -0.375 e. The second kappa shape index (κ2) is 12.9. The molecular formula is C16H28IN3O. The highest BCUT2D eigenvalue weighted by Gasteiger charge is 1.98. The molecule has 0 atom stereocenters. The van der Waals surface area contributed by atoms with E-state index in [4.69, 9.17) is 4.74 Å². The van der Waals surface area contributed by atoms with Crippen molar-refractivity contribution in [2.75, 3.05) is 26.7 Å². The van der Waals surface area contributed by atoms with Crippen molar-refractivity contribution in [3.8, 4) is 0 Å². The predicted octanol–water partition coefficient (Wildman–Crippen LogP) is 3.03. The maximum Gasteiger partial charge on any atom is 0.191 e. The molecule has 1 rings (SSSR count). The van der Waals surface area contributed by atoms with Crippen molar-refractivity contribution in [3.63, 3.8) is 0 Å². The summed E-state index contributed by atoms with van der Waals surface area (Å²) in [7, 11) is 1.79. The highest BCUT2D eigenvalue weighted by atomic mass is 127. The highest BCUT2D eigenvalue weighted by Crippen LogP contribution is 1.99. The van der Waals surface area contributed by atoms with Crippen LogP contribution < -0.4 is 10.6 Å². The average Bonchev–Trinajstić information content (AvgIpc) is 2.46. The summed E-state index contributed by atoms with van der Waals surface area (Å²) in [4.78, 5) is 4.18. The zero-order chi connectivity index (χ0) is 14.6. The Bertz CT molecular complexity index is 382. The summed E-state index contributed by atoms with van der Waals surface area (Å²) in [5.41, 5.74) is 1.20. The van der Waals surface area contributed by atoms with Crippen molar-refractivity contribution >= 4 is 29.9 Å². The van der Waals surface area contributed by atoms with Crippen LogP contribution in [0.1, 0.15) is 25.8 Å². The zero-order valence-corrected chi connectivity index (χ0v) is 15.6. The molecule has 2 N–H and O–H groups in total. The van der Waals surface area contributed by atoms with Gasteiger partial charge in [0.2, 0.25) is 0 Å². The van der Waals surface area contributed by atoms with Crippen LogP contribution in [0.15, 0.2) is 35.3 Å². The van der Waals surface area contributed by atoms with E-state index in [2.05, 4.69) is 41.6 Å². The molecule has 21 heavy (non-hydrogen) atoms. The number of hydrogen-bond acceptors (Lipinski definition) is 2. The number of nitrogens with one attached hydrogen (secondary N) is 2. The van der Waals surface area contributed by atoms with Gasteiger partial charge in [-0.25, -0.2) is 0 Å². The van der Waals surface area contributed by atoms with Crippen LogP contribution in [-0.2, 0) is 11.3 Å².